The highest BCUT2D eigenvalue weighted by Crippen LogP contribution is 2.47. The minimum Gasteiger partial charge on any atom is -0.317 e. The van der Waals surface area contributed by atoms with Gasteiger partial charge >= 0.3 is 6.18 Å². The normalized spacial score (nSPS) is 24.0. The van der Waals surface area contributed by atoms with Crippen LogP contribution in [0.4, 0.5) is 13.2 Å². The van der Waals surface area contributed by atoms with Crippen molar-refractivity contribution in [2.75, 3.05) is 13.1 Å². The fraction of sp³-hybridized carbons (Fsp3) is 1.00. The van der Waals surface area contributed by atoms with Crippen molar-refractivity contribution in [3.63, 3.8) is 0 Å². The first-order chi connectivity index (χ1) is 5.52. The number of alkyl halides is 3. The number of halogens is 3. The van der Waals surface area contributed by atoms with Crippen molar-refractivity contribution in [1.82, 2.24) is 5.32 Å². The molecule has 0 aromatic heterocycles. The van der Waals surface area contributed by atoms with E-state index in [4.69, 9.17) is 0 Å². The summed E-state index contributed by atoms with van der Waals surface area (Å²) in [6, 6.07) is 0. The van der Waals surface area contributed by atoms with Crippen LogP contribution in [0.25, 0.3) is 0 Å². The van der Waals surface area contributed by atoms with Gasteiger partial charge in [-0.1, -0.05) is 6.92 Å². The fourth-order valence-electron chi connectivity index (χ4n) is 1.74. The van der Waals surface area contributed by atoms with Crippen LogP contribution in [0.5, 0.6) is 0 Å². The number of piperidine rings is 1. The van der Waals surface area contributed by atoms with E-state index in [2.05, 4.69) is 5.32 Å². The largest absolute Gasteiger partial charge is 0.394 e. The Morgan fingerprint density at radius 1 is 1.25 bits per heavy atom. The Hall–Kier alpha value is -0.250. The molecular formula is C8H14F3N. The van der Waals surface area contributed by atoms with Crippen molar-refractivity contribution < 1.29 is 13.2 Å². The number of hydrogen-bond acceptors (Lipinski definition) is 1. The van der Waals surface area contributed by atoms with Gasteiger partial charge in [0.25, 0.3) is 0 Å². The summed E-state index contributed by atoms with van der Waals surface area (Å²) in [5, 5.41) is 2.95. The maximum Gasteiger partial charge on any atom is 0.394 e. The van der Waals surface area contributed by atoms with E-state index in [0.29, 0.717) is 13.1 Å². The minimum atomic E-state index is -4.02. The van der Waals surface area contributed by atoms with Crippen LogP contribution in [-0.4, -0.2) is 19.3 Å². The molecule has 1 aliphatic heterocycles. The van der Waals surface area contributed by atoms with Crippen LogP contribution in [0, 0.1) is 5.41 Å². The minimum absolute atomic E-state index is 0.207. The molecule has 1 fully saturated rings. The summed E-state index contributed by atoms with van der Waals surface area (Å²) < 4.78 is 37.7. The van der Waals surface area contributed by atoms with Gasteiger partial charge in [0.05, 0.1) is 5.41 Å². The van der Waals surface area contributed by atoms with E-state index in [1.165, 1.54) is 0 Å². The summed E-state index contributed by atoms with van der Waals surface area (Å²) in [6.45, 7) is 2.61. The molecular weight excluding hydrogens is 167 g/mol. The molecule has 0 amide bonds. The molecule has 1 nitrogen and oxygen atoms in total. The highest BCUT2D eigenvalue weighted by molar-refractivity contribution is 4.89. The average molecular weight is 181 g/mol. The van der Waals surface area contributed by atoms with E-state index >= 15 is 0 Å². The molecule has 0 saturated carbocycles. The van der Waals surface area contributed by atoms with Crippen molar-refractivity contribution >= 4 is 0 Å². The Morgan fingerprint density at radius 3 is 2.00 bits per heavy atom. The first-order valence-electron chi connectivity index (χ1n) is 4.29. The van der Waals surface area contributed by atoms with Crippen molar-refractivity contribution in [1.29, 1.82) is 0 Å². The van der Waals surface area contributed by atoms with Crippen molar-refractivity contribution in [2.45, 2.75) is 32.4 Å². The summed E-state index contributed by atoms with van der Waals surface area (Å²) in [5.74, 6) is 0. The molecule has 0 spiro atoms. The van der Waals surface area contributed by atoms with Crippen molar-refractivity contribution in [3.8, 4) is 0 Å². The van der Waals surface area contributed by atoms with E-state index in [1.54, 1.807) is 6.92 Å². The van der Waals surface area contributed by atoms with Crippen LogP contribution in [0.1, 0.15) is 26.2 Å². The molecule has 0 aliphatic carbocycles. The van der Waals surface area contributed by atoms with Crippen LogP contribution in [-0.2, 0) is 0 Å². The zero-order valence-corrected chi connectivity index (χ0v) is 7.17. The second-order valence-corrected chi connectivity index (χ2v) is 3.38. The number of hydrogen-bond donors (Lipinski definition) is 1. The third-order valence-electron chi connectivity index (χ3n) is 2.84. The predicted molar refractivity (Wildman–Crippen MR) is 40.9 cm³/mol. The first-order valence-corrected chi connectivity index (χ1v) is 4.29. The van der Waals surface area contributed by atoms with Crippen LogP contribution < -0.4 is 5.32 Å². The van der Waals surface area contributed by atoms with Gasteiger partial charge in [-0.05, 0) is 32.4 Å². The lowest BCUT2D eigenvalue weighted by molar-refractivity contribution is -0.233. The van der Waals surface area contributed by atoms with E-state index in [1.807, 2.05) is 0 Å². The zero-order chi connectivity index (χ0) is 9.24. The maximum absolute atomic E-state index is 12.6. The summed E-state index contributed by atoms with van der Waals surface area (Å²) in [4.78, 5) is 0. The van der Waals surface area contributed by atoms with E-state index in [-0.39, 0.29) is 19.3 Å². The molecule has 0 aromatic carbocycles. The van der Waals surface area contributed by atoms with Gasteiger partial charge in [0, 0.05) is 0 Å². The lowest BCUT2D eigenvalue weighted by Gasteiger charge is -2.38. The average Bonchev–Trinajstić information content (AvgIpc) is 2.04. The molecule has 0 atom stereocenters. The van der Waals surface area contributed by atoms with Gasteiger partial charge in [0.2, 0.25) is 0 Å². The molecule has 1 saturated heterocycles. The standard InChI is InChI=1S/C8H14F3N/c1-2-7(8(9,10)11)3-5-12-6-4-7/h12H,2-6H2,1H3. The fourth-order valence-corrected chi connectivity index (χ4v) is 1.74. The quantitative estimate of drug-likeness (QED) is 0.654. The molecule has 0 unspecified atom stereocenters. The van der Waals surface area contributed by atoms with E-state index in [0.717, 1.165) is 0 Å². The van der Waals surface area contributed by atoms with Gasteiger partial charge in [0.1, 0.15) is 0 Å². The Bertz CT molecular complexity index is 147. The molecule has 1 heterocycles. The topological polar surface area (TPSA) is 12.0 Å². The Balaban J connectivity index is 2.73. The highest BCUT2D eigenvalue weighted by atomic mass is 19.4. The molecule has 12 heavy (non-hydrogen) atoms. The second kappa shape index (κ2) is 3.24. The number of nitrogens with one attached hydrogen (secondary N) is 1. The van der Waals surface area contributed by atoms with Crippen LogP contribution in [0.15, 0.2) is 0 Å². The maximum atomic E-state index is 12.6. The molecule has 1 rings (SSSR count). The van der Waals surface area contributed by atoms with E-state index in [9.17, 15) is 13.2 Å². The van der Waals surface area contributed by atoms with Gasteiger partial charge in [0.15, 0.2) is 0 Å². The van der Waals surface area contributed by atoms with Crippen molar-refractivity contribution in [2.24, 2.45) is 5.41 Å². The van der Waals surface area contributed by atoms with Gasteiger partial charge in [-0.15, -0.1) is 0 Å². The summed E-state index contributed by atoms with van der Waals surface area (Å²) in [5.41, 5.74) is -1.40. The molecule has 0 bridgehead atoms. The molecule has 0 radical (unpaired) electrons. The molecule has 4 heteroatoms. The molecule has 1 aliphatic rings. The lowest BCUT2D eigenvalue weighted by Crippen LogP contribution is -2.46. The smallest absolute Gasteiger partial charge is 0.317 e. The van der Waals surface area contributed by atoms with Gasteiger partial charge in [-0.2, -0.15) is 13.2 Å². The monoisotopic (exact) mass is 181 g/mol. The van der Waals surface area contributed by atoms with E-state index < -0.39 is 11.6 Å². The number of rotatable bonds is 1. The molecule has 0 aromatic rings. The Kier molecular flexibility index (Phi) is 2.66. The zero-order valence-electron chi connectivity index (χ0n) is 7.17. The third kappa shape index (κ3) is 1.58. The van der Waals surface area contributed by atoms with Crippen molar-refractivity contribution in [3.05, 3.63) is 0 Å². The summed E-state index contributed by atoms with van der Waals surface area (Å²) in [6.07, 6.45) is -3.36. The third-order valence-corrected chi connectivity index (χ3v) is 2.84. The predicted octanol–water partition coefficient (Wildman–Crippen LogP) is 2.33. The Labute approximate surface area is 70.3 Å². The lowest BCUT2D eigenvalue weighted by atomic mass is 9.76. The van der Waals surface area contributed by atoms with Gasteiger partial charge < -0.3 is 5.32 Å². The Morgan fingerprint density at radius 2 is 1.75 bits per heavy atom. The van der Waals surface area contributed by atoms with Crippen LogP contribution in [0.2, 0.25) is 0 Å². The summed E-state index contributed by atoms with van der Waals surface area (Å²) >= 11 is 0. The second-order valence-electron chi connectivity index (χ2n) is 3.38. The molecule has 1 N–H and O–H groups in total. The van der Waals surface area contributed by atoms with Crippen LogP contribution >= 0.6 is 0 Å². The first kappa shape index (κ1) is 9.84. The highest BCUT2D eigenvalue weighted by Gasteiger charge is 2.53. The molecule has 72 valence electrons. The van der Waals surface area contributed by atoms with Crippen LogP contribution in [0.3, 0.4) is 0 Å². The van der Waals surface area contributed by atoms with Gasteiger partial charge in [-0.25, -0.2) is 0 Å². The van der Waals surface area contributed by atoms with Gasteiger partial charge in [-0.3, -0.25) is 0 Å². The SMILES string of the molecule is CCC1(C(F)(F)F)CCNCC1. The summed E-state index contributed by atoms with van der Waals surface area (Å²) in [7, 11) is 0.